The molecule has 2 heteroatoms. The summed E-state index contributed by atoms with van der Waals surface area (Å²) in [7, 11) is 0. The molecule has 0 bridgehead atoms. The van der Waals surface area contributed by atoms with Crippen LogP contribution in [0.15, 0.2) is 24.3 Å². The largest absolute Gasteiger partial charge is 0.494 e. The second kappa shape index (κ2) is 8.43. The first-order chi connectivity index (χ1) is 10.2. The molecular weight excluding hydrogens is 258 g/mol. The fraction of sp³-hybridized carbons (Fsp3) is 0.684. The van der Waals surface area contributed by atoms with Crippen LogP contribution >= 0.6 is 0 Å². The molecule has 2 nitrogen and oxygen atoms in total. The van der Waals surface area contributed by atoms with E-state index >= 15 is 0 Å². The normalized spacial score (nSPS) is 25.8. The van der Waals surface area contributed by atoms with Crippen LogP contribution in [0.2, 0.25) is 0 Å². The molecule has 1 aromatic carbocycles. The highest BCUT2D eigenvalue weighted by Gasteiger charge is 2.23. The first kappa shape index (κ1) is 16.4. The zero-order chi connectivity index (χ0) is 15.1. The summed E-state index contributed by atoms with van der Waals surface area (Å²) in [5.41, 5.74) is 1.35. The maximum Gasteiger partial charge on any atom is 0.119 e. The third kappa shape index (κ3) is 5.70. The second-order valence-electron chi connectivity index (χ2n) is 6.84. The molecule has 1 saturated carbocycles. The first-order valence-electron chi connectivity index (χ1n) is 8.62. The topological polar surface area (TPSA) is 21.3 Å². The van der Waals surface area contributed by atoms with Crippen LogP contribution in [0.4, 0.5) is 0 Å². The van der Waals surface area contributed by atoms with E-state index in [-0.39, 0.29) is 0 Å². The molecule has 0 saturated heterocycles. The Kier molecular flexibility index (Phi) is 6.56. The standard InChI is InChI=1S/C19H31NO/c1-4-5-10-21-19-8-6-17(7-9-19)14-20-18-12-15(2)11-16(3)13-18/h6-9,15-16,18,20H,4-5,10-14H2,1-3H3. The molecule has 1 aromatic rings. The summed E-state index contributed by atoms with van der Waals surface area (Å²) < 4.78 is 5.70. The van der Waals surface area contributed by atoms with Crippen LogP contribution in [0, 0.1) is 11.8 Å². The fourth-order valence-electron chi connectivity index (χ4n) is 3.41. The van der Waals surface area contributed by atoms with Gasteiger partial charge in [-0.05, 0) is 55.2 Å². The van der Waals surface area contributed by atoms with Gasteiger partial charge < -0.3 is 10.1 Å². The van der Waals surface area contributed by atoms with E-state index in [0.29, 0.717) is 6.04 Å². The lowest BCUT2D eigenvalue weighted by Crippen LogP contribution is -2.35. The maximum atomic E-state index is 5.70. The van der Waals surface area contributed by atoms with Crippen molar-refractivity contribution in [2.24, 2.45) is 11.8 Å². The molecule has 0 heterocycles. The zero-order valence-corrected chi connectivity index (χ0v) is 13.9. The lowest BCUT2D eigenvalue weighted by molar-refractivity contribution is 0.238. The summed E-state index contributed by atoms with van der Waals surface area (Å²) >= 11 is 0. The predicted octanol–water partition coefficient (Wildman–Crippen LogP) is 4.78. The van der Waals surface area contributed by atoms with Crippen molar-refractivity contribution in [3.8, 4) is 5.75 Å². The Balaban J connectivity index is 1.75. The highest BCUT2D eigenvalue weighted by molar-refractivity contribution is 5.27. The molecule has 118 valence electrons. The van der Waals surface area contributed by atoms with E-state index in [1.165, 1.54) is 31.2 Å². The minimum Gasteiger partial charge on any atom is -0.494 e. The molecule has 0 aromatic heterocycles. The predicted molar refractivity (Wildman–Crippen MR) is 89.7 cm³/mol. The van der Waals surface area contributed by atoms with Crippen LogP contribution in [0.25, 0.3) is 0 Å². The molecule has 0 amide bonds. The van der Waals surface area contributed by atoms with Crippen LogP contribution in [0.3, 0.4) is 0 Å². The molecule has 1 N–H and O–H groups in total. The minimum atomic E-state index is 0.684. The van der Waals surface area contributed by atoms with Gasteiger partial charge >= 0.3 is 0 Å². The van der Waals surface area contributed by atoms with Gasteiger partial charge in [-0.2, -0.15) is 0 Å². The number of ether oxygens (including phenoxy) is 1. The van der Waals surface area contributed by atoms with Crippen LogP contribution in [0.1, 0.15) is 58.4 Å². The monoisotopic (exact) mass is 289 g/mol. The van der Waals surface area contributed by atoms with Crippen molar-refractivity contribution in [1.29, 1.82) is 0 Å². The van der Waals surface area contributed by atoms with E-state index in [2.05, 4.69) is 50.4 Å². The van der Waals surface area contributed by atoms with Gasteiger partial charge in [0.05, 0.1) is 6.61 Å². The summed E-state index contributed by atoms with van der Waals surface area (Å²) in [6.45, 7) is 8.75. The van der Waals surface area contributed by atoms with Gasteiger partial charge in [0, 0.05) is 12.6 Å². The SMILES string of the molecule is CCCCOc1ccc(CNC2CC(C)CC(C)C2)cc1. The van der Waals surface area contributed by atoms with E-state index in [1.807, 2.05) is 0 Å². The summed E-state index contributed by atoms with van der Waals surface area (Å²) in [6.07, 6.45) is 6.34. The maximum absolute atomic E-state index is 5.70. The molecule has 1 fully saturated rings. The number of hydrogen-bond acceptors (Lipinski definition) is 2. The quantitative estimate of drug-likeness (QED) is 0.729. The number of benzene rings is 1. The van der Waals surface area contributed by atoms with Crippen molar-refractivity contribution in [3.63, 3.8) is 0 Å². The van der Waals surface area contributed by atoms with Gasteiger partial charge in [-0.25, -0.2) is 0 Å². The molecule has 0 spiro atoms. The molecule has 1 aliphatic carbocycles. The summed E-state index contributed by atoms with van der Waals surface area (Å²) in [6, 6.07) is 9.25. The van der Waals surface area contributed by atoms with E-state index < -0.39 is 0 Å². The molecule has 1 aliphatic rings. The van der Waals surface area contributed by atoms with E-state index in [0.717, 1.165) is 37.2 Å². The Labute approximate surface area is 130 Å². The average molecular weight is 289 g/mol. The van der Waals surface area contributed by atoms with E-state index in [4.69, 9.17) is 4.74 Å². The highest BCUT2D eigenvalue weighted by atomic mass is 16.5. The average Bonchev–Trinajstić information content (AvgIpc) is 2.46. The Morgan fingerprint density at radius 3 is 2.33 bits per heavy atom. The van der Waals surface area contributed by atoms with Gasteiger partial charge in [-0.3, -0.25) is 0 Å². The smallest absolute Gasteiger partial charge is 0.119 e. The molecule has 0 radical (unpaired) electrons. The van der Waals surface area contributed by atoms with Crippen molar-refractivity contribution >= 4 is 0 Å². The summed E-state index contributed by atoms with van der Waals surface area (Å²) in [5, 5.41) is 3.73. The van der Waals surface area contributed by atoms with Crippen LogP contribution < -0.4 is 10.1 Å². The van der Waals surface area contributed by atoms with E-state index in [9.17, 15) is 0 Å². The Morgan fingerprint density at radius 2 is 1.71 bits per heavy atom. The van der Waals surface area contributed by atoms with Crippen molar-refractivity contribution in [3.05, 3.63) is 29.8 Å². The molecular formula is C19H31NO. The van der Waals surface area contributed by atoms with Crippen LogP contribution in [-0.4, -0.2) is 12.6 Å². The molecule has 2 rings (SSSR count). The highest BCUT2D eigenvalue weighted by Crippen LogP contribution is 2.28. The van der Waals surface area contributed by atoms with Gasteiger partial charge in [-0.1, -0.05) is 39.3 Å². The summed E-state index contributed by atoms with van der Waals surface area (Å²) in [5.74, 6) is 2.72. The van der Waals surface area contributed by atoms with Gasteiger partial charge in [0.2, 0.25) is 0 Å². The van der Waals surface area contributed by atoms with Gasteiger partial charge in [0.1, 0.15) is 5.75 Å². The van der Waals surface area contributed by atoms with Crippen molar-refractivity contribution in [2.75, 3.05) is 6.61 Å². The third-order valence-corrected chi connectivity index (χ3v) is 4.46. The zero-order valence-electron chi connectivity index (χ0n) is 13.9. The second-order valence-corrected chi connectivity index (χ2v) is 6.84. The van der Waals surface area contributed by atoms with Crippen LogP contribution in [-0.2, 0) is 6.54 Å². The summed E-state index contributed by atoms with van der Waals surface area (Å²) in [4.78, 5) is 0. The lowest BCUT2D eigenvalue weighted by atomic mass is 9.80. The molecule has 0 aliphatic heterocycles. The van der Waals surface area contributed by atoms with Crippen molar-refractivity contribution in [2.45, 2.75) is 65.5 Å². The van der Waals surface area contributed by atoms with Crippen molar-refractivity contribution in [1.82, 2.24) is 5.32 Å². The Hall–Kier alpha value is -1.02. The van der Waals surface area contributed by atoms with Gasteiger partial charge in [0.15, 0.2) is 0 Å². The van der Waals surface area contributed by atoms with E-state index in [1.54, 1.807) is 0 Å². The molecule has 2 atom stereocenters. The number of rotatable bonds is 7. The number of nitrogens with one attached hydrogen (secondary N) is 1. The van der Waals surface area contributed by atoms with Crippen molar-refractivity contribution < 1.29 is 4.74 Å². The Bertz CT molecular complexity index is 391. The third-order valence-electron chi connectivity index (χ3n) is 4.46. The number of hydrogen-bond donors (Lipinski definition) is 1. The Morgan fingerprint density at radius 1 is 1.05 bits per heavy atom. The minimum absolute atomic E-state index is 0.684. The lowest BCUT2D eigenvalue weighted by Gasteiger charge is -2.32. The number of unbranched alkanes of at least 4 members (excludes halogenated alkanes) is 1. The van der Waals surface area contributed by atoms with Crippen LogP contribution in [0.5, 0.6) is 5.75 Å². The van der Waals surface area contributed by atoms with Gasteiger partial charge in [-0.15, -0.1) is 0 Å². The fourth-order valence-corrected chi connectivity index (χ4v) is 3.41. The van der Waals surface area contributed by atoms with Gasteiger partial charge in [0.25, 0.3) is 0 Å². The molecule has 21 heavy (non-hydrogen) atoms. The first-order valence-corrected chi connectivity index (χ1v) is 8.62. The molecule has 2 unspecified atom stereocenters.